The molecule has 2 rings (SSSR count). The predicted molar refractivity (Wildman–Crippen MR) is 70.2 cm³/mol. The van der Waals surface area contributed by atoms with Gasteiger partial charge in [-0.05, 0) is 50.3 Å². The molecule has 0 aromatic carbocycles. The Morgan fingerprint density at radius 3 is 2.61 bits per heavy atom. The van der Waals surface area contributed by atoms with Crippen LogP contribution in [0.2, 0.25) is 5.15 Å². The van der Waals surface area contributed by atoms with E-state index in [0.717, 1.165) is 32.2 Å². The van der Waals surface area contributed by atoms with Crippen LogP contribution in [0.15, 0.2) is 12.1 Å². The maximum Gasteiger partial charge on any atom is 0.228 e. The van der Waals surface area contributed by atoms with E-state index in [0.29, 0.717) is 16.9 Å². The summed E-state index contributed by atoms with van der Waals surface area (Å²) < 4.78 is 0. The first-order valence-corrected chi connectivity index (χ1v) is 6.57. The lowest BCUT2D eigenvalue weighted by Crippen LogP contribution is -2.29. The van der Waals surface area contributed by atoms with Crippen LogP contribution < -0.4 is 11.1 Å². The lowest BCUT2D eigenvalue weighted by molar-refractivity contribution is -0.121. The van der Waals surface area contributed by atoms with E-state index in [1.54, 1.807) is 12.1 Å². The third-order valence-corrected chi connectivity index (χ3v) is 3.64. The molecule has 0 aliphatic heterocycles. The Bertz CT molecular complexity index is 401. The minimum Gasteiger partial charge on any atom is -0.330 e. The van der Waals surface area contributed by atoms with Crippen LogP contribution >= 0.6 is 11.6 Å². The van der Waals surface area contributed by atoms with Crippen LogP contribution in [0.5, 0.6) is 0 Å². The molecule has 5 nitrogen and oxygen atoms in total. The third-order valence-electron chi connectivity index (χ3n) is 3.43. The second-order valence-electron chi connectivity index (χ2n) is 4.68. The van der Waals surface area contributed by atoms with Crippen LogP contribution in [0.25, 0.3) is 0 Å². The topological polar surface area (TPSA) is 80.9 Å². The highest BCUT2D eigenvalue weighted by molar-refractivity contribution is 6.29. The minimum atomic E-state index is 0.0158. The molecule has 1 heterocycles. The summed E-state index contributed by atoms with van der Waals surface area (Å²) in [5.74, 6) is 1.10. The van der Waals surface area contributed by atoms with Crippen LogP contribution in [0, 0.1) is 11.8 Å². The number of nitrogens with zero attached hydrogens (tertiary/aromatic N) is 2. The Kier molecular flexibility index (Phi) is 4.49. The number of nitrogens with one attached hydrogen (secondary N) is 1. The van der Waals surface area contributed by atoms with Gasteiger partial charge in [-0.1, -0.05) is 11.6 Å². The van der Waals surface area contributed by atoms with Crippen LogP contribution in [-0.4, -0.2) is 22.6 Å². The molecule has 18 heavy (non-hydrogen) atoms. The molecule has 6 heteroatoms. The van der Waals surface area contributed by atoms with E-state index in [4.69, 9.17) is 17.3 Å². The molecule has 0 radical (unpaired) electrons. The Morgan fingerprint density at radius 1 is 1.33 bits per heavy atom. The van der Waals surface area contributed by atoms with Gasteiger partial charge < -0.3 is 11.1 Å². The summed E-state index contributed by atoms with van der Waals surface area (Å²) in [6, 6.07) is 3.26. The zero-order valence-electron chi connectivity index (χ0n) is 10.1. The zero-order valence-corrected chi connectivity index (χ0v) is 10.9. The van der Waals surface area contributed by atoms with Gasteiger partial charge >= 0.3 is 0 Å². The number of hydrogen-bond donors (Lipinski definition) is 2. The molecule has 1 fully saturated rings. The Hall–Kier alpha value is -1.20. The number of anilines is 1. The van der Waals surface area contributed by atoms with Gasteiger partial charge in [0.2, 0.25) is 5.91 Å². The molecule has 0 unspecified atom stereocenters. The third kappa shape index (κ3) is 3.40. The molecule has 1 saturated carbocycles. The fourth-order valence-electron chi connectivity index (χ4n) is 2.27. The fraction of sp³-hybridized carbons (Fsp3) is 0.583. The zero-order chi connectivity index (χ0) is 13.0. The van der Waals surface area contributed by atoms with Crippen molar-refractivity contribution in [3.8, 4) is 0 Å². The minimum absolute atomic E-state index is 0.0158. The largest absolute Gasteiger partial charge is 0.330 e. The molecule has 1 aromatic rings. The smallest absolute Gasteiger partial charge is 0.228 e. The van der Waals surface area contributed by atoms with E-state index in [-0.39, 0.29) is 11.8 Å². The van der Waals surface area contributed by atoms with Crippen molar-refractivity contribution in [3.05, 3.63) is 17.3 Å². The molecule has 0 saturated heterocycles. The summed E-state index contributed by atoms with van der Waals surface area (Å²) in [6.45, 7) is 0.719. The van der Waals surface area contributed by atoms with Gasteiger partial charge in [-0.2, -0.15) is 0 Å². The molecule has 98 valence electrons. The highest BCUT2D eigenvalue weighted by Gasteiger charge is 2.25. The van der Waals surface area contributed by atoms with Crippen molar-refractivity contribution >= 4 is 23.3 Å². The van der Waals surface area contributed by atoms with Crippen molar-refractivity contribution < 1.29 is 4.79 Å². The number of carbonyl (C=O) groups is 1. The van der Waals surface area contributed by atoms with Crippen molar-refractivity contribution in [2.45, 2.75) is 25.7 Å². The molecule has 1 amide bonds. The lowest BCUT2D eigenvalue weighted by atomic mass is 9.81. The first-order valence-electron chi connectivity index (χ1n) is 6.19. The van der Waals surface area contributed by atoms with E-state index < -0.39 is 0 Å². The van der Waals surface area contributed by atoms with Gasteiger partial charge in [0, 0.05) is 5.92 Å². The summed E-state index contributed by atoms with van der Waals surface area (Å²) in [7, 11) is 0. The van der Waals surface area contributed by atoms with E-state index in [1.807, 2.05) is 0 Å². The van der Waals surface area contributed by atoms with Gasteiger partial charge in [0.15, 0.2) is 11.0 Å². The van der Waals surface area contributed by atoms with Crippen LogP contribution in [0.3, 0.4) is 0 Å². The summed E-state index contributed by atoms with van der Waals surface area (Å²) in [5.41, 5.74) is 5.63. The van der Waals surface area contributed by atoms with Crippen molar-refractivity contribution in [2.75, 3.05) is 11.9 Å². The van der Waals surface area contributed by atoms with Crippen molar-refractivity contribution in [1.29, 1.82) is 0 Å². The normalized spacial score (nSPS) is 23.7. The van der Waals surface area contributed by atoms with E-state index in [2.05, 4.69) is 15.5 Å². The van der Waals surface area contributed by atoms with E-state index >= 15 is 0 Å². The quantitative estimate of drug-likeness (QED) is 0.876. The summed E-state index contributed by atoms with van der Waals surface area (Å²) in [5, 5.41) is 10.6. The first kappa shape index (κ1) is 13.2. The average molecular weight is 269 g/mol. The second-order valence-corrected chi connectivity index (χ2v) is 5.07. The van der Waals surface area contributed by atoms with Gasteiger partial charge in [-0.15, -0.1) is 10.2 Å². The SMILES string of the molecule is NCC1CCC(C(=O)Nc2ccc(Cl)nn2)CC1. The molecule has 3 N–H and O–H groups in total. The number of halogens is 1. The van der Waals surface area contributed by atoms with Crippen molar-refractivity contribution in [3.63, 3.8) is 0 Å². The van der Waals surface area contributed by atoms with Crippen LogP contribution in [0.1, 0.15) is 25.7 Å². The monoisotopic (exact) mass is 268 g/mol. The second kappa shape index (κ2) is 6.11. The number of rotatable bonds is 3. The number of hydrogen-bond acceptors (Lipinski definition) is 4. The molecular weight excluding hydrogens is 252 g/mol. The van der Waals surface area contributed by atoms with Gasteiger partial charge in [0.05, 0.1) is 0 Å². The lowest BCUT2D eigenvalue weighted by Gasteiger charge is -2.26. The highest BCUT2D eigenvalue weighted by Crippen LogP contribution is 2.28. The van der Waals surface area contributed by atoms with Gasteiger partial charge in [0.1, 0.15) is 0 Å². The van der Waals surface area contributed by atoms with Gasteiger partial charge in [0.25, 0.3) is 0 Å². The van der Waals surface area contributed by atoms with Gasteiger partial charge in [-0.25, -0.2) is 0 Å². The molecule has 1 aliphatic rings. The van der Waals surface area contributed by atoms with Gasteiger partial charge in [-0.3, -0.25) is 4.79 Å². The number of amides is 1. The fourth-order valence-corrected chi connectivity index (χ4v) is 2.37. The van der Waals surface area contributed by atoms with E-state index in [9.17, 15) is 4.79 Å². The highest BCUT2D eigenvalue weighted by atomic mass is 35.5. The predicted octanol–water partition coefficient (Wildman–Crippen LogP) is 1.83. The molecule has 0 bridgehead atoms. The summed E-state index contributed by atoms with van der Waals surface area (Å²) in [6.07, 6.45) is 3.85. The molecule has 1 aromatic heterocycles. The molecular formula is C12H17ClN4O. The summed E-state index contributed by atoms with van der Waals surface area (Å²) >= 11 is 5.63. The first-order chi connectivity index (χ1) is 8.69. The number of nitrogens with two attached hydrogens (primary N) is 1. The van der Waals surface area contributed by atoms with E-state index in [1.165, 1.54) is 0 Å². The van der Waals surface area contributed by atoms with Crippen LogP contribution in [-0.2, 0) is 4.79 Å². The Morgan fingerprint density at radius 2 is 2.06 bits per heavy atom. The molecule has 1 aliphatic carbocycles. The maximum atomic E-state index is 12.0. The standard InChI is InChI=1S/C12H17ClN4O/c13-10-5-6-11(17-16-10)15-12(18)9-3-1-8(7-14)2-4-9/h5-6,8-9H,1-4,7,14H2,(H,15,17,18). The Labute approximate surface area is 111 Å². The molecule has 0 atom stereocenters. The Balaban J connectivity index is 1.87. The summed E-state index contributed by atoms with van der Waals surface area (Å²) in [4.78, 5) is 12.0. The average Bonchev–Trinajstić information content (AvgIpc) is 2.41. The maximum absolute atomic E-state index is 12.0. The van der Waals surface area contributed by atoms with Crippen molar-refractivity contribution in [1.82, 2.24) is 10.2 Å². The number of carbonyl (C=O) groups excluding carboxylic acids is 1. The molecule has 0 spiro atoms. The van der Waals surface area contributed by atoms with Crippen LogP contribution in [0.4, 0.5) is 5.82 Å². The van der Waals surface area contributed by atoms with Crippen molar-refractivity contribution in [2.24, 2.45) is 17.6 Å². The number of aromatic nitrogens is 2.